The van der Waals surface area contributed by atoms with Gasteiger partial charge >= 0.3 is 0 Å². The van der Waals surface area contributed by atoms with Gasteiger partial charge in [-0.3, -0.25) is 4.90 Å². The number of benzene rings is 1. The predicted molar refractivity (Wildman–Crippen MR) is 75.7 cm³/mol. The number of methoxy groups -OCH3 is 1. The first-order valence-corrected chi connectivity index (χ1v) is 6.87. The van der Waals surface area contributed by atoms with Crippen LogP contribution < -0.4 is 10.5 Å². The van der Waals surface area contributed by atoms with Crippen molar-refractivity contribution in [2.45, 2.75) is 32.7 Å². The van der Waals surface area contributed by atoms with Crippen molar-refractivity contribution in [3.05, 3.63) is 23.8 Å². The second-order valence-electron chi connectivity index (χ2n) is 5.25. The van der Waals surface area contributed by atoms with Crippen LogP contribution in [0.15, 0.2) is 18.2 Å². The molecular weight excluding hydrogens is 224 g/mol. The summed E-state index contributed by atoms with van der Waals surface area (Å²) in [5.41, 5.74) is 7.89. The SMILES string of the molecule is CCCN(Cc1cc(N)ccc1OC)CC1CC1. The number of hydrogen-bond donors (Lipinski definition) is 1. The fourth-order valence-electron chi connectivity index (χ4n) is 2.38. The topological polar surface area (TPSA) is 38.5 Å². The molecule has 1 aromatic rings. The van der Waals surface area contributed by atoms with Gasteiger partial charge in [-0.05, 0) is 49.9 Å². The van der Waals surface area contributed by atoms with Gasteiger partial charge in [0.2, 0.25) is 0 Å². The van der Waals surface area contributed by atoms with Crippen LogP contribution in [0.5, 0.6) is 5.75 Å². The summed E-state index contributed by atoms with van der Waals surface area (Å²) in [5.74, 6) is 1.87. The highest BCUT2D eigenvalue weighted by atomic mass is 16.5. The molecule has 0 saturated heterocycles. The first-order valence-electron chi connectivity index (χ1n) is 6.87. The Morgan fingerprint density at radius 2 is 2.17 bits per heavy atom. The van der Waals surface area contributed by atoms with Gasteiger partial charge in [-0.15, -0.1) is 0 Å². The third-order valence-corrected chi connectivity index (χ3v) is 3.45. The number of nitrogens with zero attached hydrogens (tertiary/aromatic N) is 1. The predicted octanol–water partition coefficient (Wildman–Crippen LogP) is 2.90. The van der Waals surface area contributed by atoms with E-state index in [0.29, 0.717) is 0 Å². The lowest BCUT2D eigenvalue weighted by Gasteiger charge is -2.23. The Kier molecular flexibility index (Phi) is 4.48. The summed E-state index contributed by atoms with van der Waals surface area (Å²) in [6.07, 6.45) is 3.99. The summed E-state index contributed by atoms with van der Waals surface area (Å²) in [6.45, 7) is 5.54. The minimum atomic E-state index is 0.814. The molecule has 0 heterocycles. The van der Waals surface area contributed by atoms with E-state index >= 15 is 0 Å². The van der Waals surface area contributed by atoms with Crippen LogP contribution in [0.2, 0.25) is 0 Å². The van der Waals surface area contributed by atoms with Gasteiger partial charge in [0.25, 0.3) is 0 Å². The molecule has 18 heavy (non-hydrogen) atoms. The summed E-state index contributed by atoms with van der Waals surface area (Å²) in [7, 11) is 1.72. The second-order valence-corrected chi connectivity index (χ2v) is 5.25. The maximum Gasteiger partial charge on any atom is 0.123 e. The van der Waals surface area contributed by atoms with Gasteiger partial charge in [-0.2, -0.15) is 0 Å². The summed E-state index contributed by atoms with van der Waals surface area (Å²) >= 11 is 0. The normalized spacial score (nSPS) is 15.1. The average molecular weight is 248 g/mol. The van der Waals surface area contributed by atoms with E-state index in [1.165, 1.54) is 31.4 Å². The zero-order valence-electron chi connectivity index (χ0n) is 11.5. The molecule has 0 unspecified atom stereocenters. The maximum atomic E-state index is 5.87. The molecule has 0 amide bonds. The number of anilines is 1. The van der Waals surface area contributed by atoms with Crippen LogP contribution in [0.4, 0.5) is 5.69 Å². The number of rotatable bonds is 7. The largest absolute Gasteiger partial charge is 0.496 e. The van der Waals surface area contributed by atoms with Crippen LogP contribution in [0.25, 0.3) is 0 Å². The van der Waals surface area contributed by atoms with E-state index in [2.05, 4.69) is 11.8 Å². The van der Waals surface area contributed by atoms with E-state index in [4.69, 9.17) is 10.5 Å². The molecule has 1 aliphatic rings. The van der Waals surface area contributed by atoms with Crippen molar-refractivity contribution in [1.29, 1.82) is 0 Å². The van der Waals surface area contributed by atoms with Gasteiger partial charge in [0.05, 0.1) is 7.11 Å². The summed E-state index contributed by atoms with van der Waals surface area (Å²) in [6, 6.07) is 5.90. The van der Waals surface area contributed by atoms with Crippen LogP contribution in [0.3, 0.4) is 0 Å². The van der Waals surface area contributed by atoms with Gasteiger partial charge in [0.1, 0.15) is 5.75 Å². The molecule has 3 nitrogen and oxygen atoms in total. The Bertz CT molecular complexity index is 388. The lowest BCUT2D eigenvalue weighted by atomic mass is 10.1. The van der Waals surface area contributed by atoms with E-state index in [9.17, 15) is 0 Å². The van der Waals surface area contributed by atoms with Crippen LogP contribution in [0, 0.1) is 5.92 Å². The van der Waals surface area contributed by atoms with Crippen molar-refractivity contribution < 1.29 is 4.74 Å². The van der Waals surface area contributed by atoms with Gasteiger partial charge in [-0.25, -0.2) is 0 Å². The molecule has 0 aliphatic heterocycles. The summed E-state index contributed by atoms with van der Waals surface area (Å²) in [5, 5.41) is 0. The van der Waals surface area contributed by atoms with Gasteiger partial charge in [0.15, 0.2) is 0 Å². The Morgan fingerprint density at radius 1 is 1.39 bits per heavy atom. The van der Waals surface area contributed by atoms with Gasteiger partial charge in [-0.1, -0.05) is 6.92 Å². The molecule has 1 saturated carbocycles. The molecule has 0 spiro atoms. The molecule has 2 rings (SSSR count). The smallest absolute Gasteiger partial charge is 0.123 e. The number of nitrogens with two attached hydrogens (primary N) is 1. The van der Waals surface area contributed by atoms with E-state index in [1.807, 2.05) is 18.2 Å². The Hall–Kier alpha value is -1.22. The van der Waals surface area contributed by atoms with Gasteiger partial charge < -0.3 is 10.5 Å². The molecule has 0 radical (unpaired) electrons. The van der Waals surface area contributed by atoms with Gasteiger partial charge in [0, 0.05) is 24.3 Å². The zero-order valence-corrected chi connectivity index (χ0v) is 11.5. The molecule has 0 aromatic heterocycles. The molecule has 100 valence electrons. The first-order chi connectivity index (χ1) is 8.72. The Morgan fingerprint density at radius 3 is 2.78 bits per heavy atom. The van der Waals surface area contributed by atoms with Crippen molar-refractivity contribution in [2.24, 2.45) is 5.92 Å². The van der Waals surface area contributed by atoms with E-state index in [0.717, 1.165) is 30.4 Å². The molecule has 1 aliphatic carbocycles. The van der Waals surface area contributed by atoms with Crippen LogP contribution in [0.1, 0.15) is 31.7 Å². The standard InChI is InChI=1S/C15H24N2O/c1-3-8-17(10-12-4-5-12)11-13-9-14(16)6-7-15(13)18-2/h6-7,9,12H,3-5,8,10-11,16H2,1-2H3. The number of hydrogen-bond acceptors (Lipinski definition) is 3. The molecule has 3 heteroatoms. The molecule has 2 N–H and O–H groups in total. The molecule has 0 atom stereocenters. The van der Waals surface area contributed by atoms with Crippen molar-refractivity contribution in [3.63, 3.8) is 0 Å². The fourth-order valence-corrected chi connectivity index (χ4v) is 2.38. The zero-order chi connectivity index (χ0) is 13.0. The Balaban J connectivity index is 2.05. The minimum absolute atomic E-state index is 0.814. The summed E-state index contributed by atoms with van der Waals surface area (Å²) < 4.78 is 5.42. The molecule has 0 bridgehead atoms. The highest BCUT2D eigenvalue weighted by Crippen LogP contribution is 2.31. The fraction of sp³-hybridized carbons (Fsp3) is 0.600. The van der Waals surface area contributed by atoms with Crippen LogP contribution in [-0.2, 0) is 6.54 Å². The number of nitrogen functional groups attached to an aromatic ring is 1. The summed E-state index contributed by atoms with van der Waals surface area (Å²) in [4.78, 5) is 2.52. The van der Waals surface area contributed by atoms with Crippen molar-refractivity contribution >= 4 is 5.69 Å². The average Bonchev–Trinajstić information content (AvgIpc) is 3.13. The van der Waals surface area contributed by atoms with E-state index in [-0.39, 0.29) is 0 Å². The van der Waals surface area contributed by atoms with Crippen LogP contribution >= 0.6 is 0 Å². The third kappa shape index (κ3) is 3.64. The van der Waals surface area contributed by atoms with Crippen molar-refractivity contribution in [3.8, 4) is 5.75 Å². The van der Waals surface area contributed by atoms with Crippen molar-refractivity contribution in [2.75, 3.05) is 25.9 Å². The lowest BCUT2D eigenvalue weighted by Crippen LogP contribution is -2.26. The quantitative estimate of drug-likeness (QED) is 0.754. The van der Waals surface area contributed by atoms with Crippen LogP contribution in [-0.4, -0.2) is 25.1 Å². The highest BCUT2D eigenvalue weighted by Gasteiger charge is 2.24. The van der Waals surface area contributed by atoms with Crippen molar-refractivity contribution in [1.82, 2.24) is 4.90 Å². The third-order valence-electron chi connectivity index (χ3n) is 3.45. The number of ether oxygens (including phenoxy) is 1. The Labute approximate surface area is 110 Å². The lowest BCUT2D eigenvalue weighted by molar-refractivity contribution is 0.251. The van der Waals surface area contributed by atoms with E-state index < -0.39 is 0 Å². The minimum Gasteiger partial charge on any atom is -0.496 e. The second kappa shape index (κ2) is 6.10. The van der Waals surface area contributed by atoms with E-state index in [1.54, 1.807) is 7.11 Å². The first kappa shape index (κ1) is 13.2. The molecular formula is C15H24N2O. The molecule has 1 aromatic carbocycles. The monoisotopic (exact) mass is 248 g/mol. The maximum absolute atomic E-state index is 5.87. The highest BCUT2D eigenvalue weighted by molar-refractivity contribution is 5.47. The molecule has 1 fully saturated rings.